The van der Waals surface area contributed by atoms with E-state index in [0.29, 0.717) is 0 Å². The molecule has 0 N–H and O–H groups in total. The summed E-state index contributed by atoms with van der Waals surface area (Å²) in [7, 11) is 0. The number of hydrogen-bond donors (Lipinski definition) is 0. The van der Waals surface area contributed by atoms with Crippen molar-refractivity contribution in [1.29, 1.82) is 0 Å². The van der Waals surface area contributed by atoms with Crippen LogP contribution in [0.4, 0.5) is 0 Å². The second-order valence-electron chi connectivity index (χ2n) is 11.2. The Bertz CT molecular complexity index is 733. The van der Waals surface area contributed by atoms with Gasteiger partial charge < -0.3 is 4.74 Å². The molecule has 1 aliphatic carbocycles. The fraction of sp³-hybridized carbons (Fsp3) is 0.636. The highest BCUT2D eigenvalue weighted by Gasteiger charge is 2.23. The Morgan fingerprint density at radius 1 is 0.588 bits per heavy atom. The standard InChI is InChI=1S/C33H48O/c1-3-5-7-9-26-11-14-28(15-12-26)29-16-18-30(19-17-29)31-20-22-32(23-21-31)33-24-13-27(25-34-33)10-8-6-4-2/h16-23,26-28,33H,3-15,24-25H2,1-2H3/t26-,27?,28-,33?. The summed E-state index contributed by atoms with van der Waals surface area (Å²) in [6, 6.07) is 18.7. The van der Waals surface area contributed by atoms with Gasteiger partial charge >= 0.3 is 0 Å². The molecule has 0 spiro atoms. The highest BCUT2D eigenvalue weighted by molar-refractivity contribution is 5.64. The molecule has 1 nitrogen and oxygen atoms in total. The van der Waals surface area contributed by atoms with E-state index in [0.717, 1.165) is 24.4 Å². The molecular weight excluding hydrogens is 412 g/mol. The third-order valence-corrected chi connectivity index (χ3v) is 8.65. The molecule has 2 atom stereocenters. The maximum absolute atomic E-state index is 6.27. The van der Waals surface area contributed by atoms with Crippen molar-refractivity contribution in [3.8, 4) is 11.1 Å². The summed E-state index contributed by atoms with van der Waals surface area (Å²) in [6.07, 6.45) is 19.4. The largest absolute Gasteiger partial charge is 0.373 e. The Kier molecular flexibility index (Phi) is 10.1. The monoisotopic (exact) mass is 460 g/mol. The highest BCUT2D eigenvalue weighted by Crippen LogP contribution is 2.38. The third kappa shape index (κ3) is 7.20. The molecule has 2 fully saturated rings. The molecule has 34 heavy (non-hydrogen) atoms. The van der Waals surface area contributed by atoms with Gasteiger partial charge in [0.1, 0.15) is 0 Å². The van der Waals surface area contributed by atoms with Crippen LogP contribution in [0.3, 0.4) is 0 Å². The first-order valence-electron chi connectivity index (χ1n) is 14.6. The molecule has 2 aromatic carbocycles. The molecule has 2 aromatic rings. The Labute approximate surface area is 209 Å². The van der Waals surface area contributed by atoms with Gasteiger partial charge in [-0.15, -0.1) is 0 Å². The van der Waals surface area contributed by atoms with E-state index in [-0.39, 0.29) is 6.10 Å². The van der Waals surface area contributed by atoms with E-state index in [1.165, 1.54) is 107 Å². The topological polar surface area (TPSA) is 9.23 Å². The first-order chi connectivity index (χ1) is 16.8. The zero-order chi connectivity index (χ0) is 23.6. The molecule has 2 aliphatic rings. The van der Waals surface area contributed by atoms with Crippen LogP contribution >= 0.6 is 0 Å². The van der Waals surface area contributed by atoms with Gasteiger partial charge in [0.05, 0.1) is 12.7 Å². The quantitative estimate of drug-likeness (QED) is 0.303. The van der Waals surface area contributed by atoms with Gasteiger partial charge in [-0.3, -0.25) is 0 Å². The van der Waals surface area contributed by atoms with Crippen LogP contribution in [0.2, 0.25) is 0 Å². The van der Waals surface area contributed by atoms with Crippen LogP contribution in [0.1, 0.15) is 127 Å². The van der Waals surface area contributed by atoms with E-state index in [1.807, 2.05) is 0 Å². The minimum absolute atomic E-state index is 0.288. The number of ether oxygens (including phenoxy) is 1. The second kappa shape index (κ2) is 13.5. The van der Waals surface area contributed by atoms with E-state index in [1.54, 1.807) is 5.56 Å². The van der Waals surface area contributed by atoms with E-state index in [9.17, 15) is 0 Å². The summed E-state index contributed by atoms with van der Waals surface area (Å²) in [5.74, 6) is 2.53. The molecule has 4 rings (SSSR count). The summed E-state index contributed by atoms with van der Waals surface area (Å²) in [5, 5.41) is 0. The highest BCUT2D eigenvalue weighted by atomic mass is 16.5. The van der Waals surface area contributed by atoms with E-state index in [2.05, 4.69) is 62.4 Å². The maximum atomic E-state index is 6.27. The Morgan fingerprint density at radius 2 is 1.12 bits per heavy atom. The fourth-order valence-corrected chi connectivity index (χ4v) is 6.28. The van der Waals surface area contributed by atoms with Gasteiger partial charge in [0, 0.05) is 0 Å². The van der Waals surface area contributed by atoms with Crippen molar-refractivity contribution >= 4 is 0 Å². The SMILES string of the molecule is CCCCCC1CCC(c2ccc(-c3ccc([C@H]4CC[C@H](CCCCC)CC4)cc3)cc2)OC1. The molecule has 0 radical (unpaired) electrons. The third-order valence-electron chi connectivity index (χ3n) is 8.65. The van der Waals surface area contributed by atoms with Crippen molar-refractivity contribution in [3.05, 3.63) is 59.7 Å². The van der Waals surface area contributed by atoms with E-state index >= 15 is 0 Å². The van der Waals surface area contributed by atoms with Crippen LogP contribution in [0.5, 0.6) is 0 Å². The Morgan fingerprint density at radius 3 is 1.65 bits per heavy atom. The van der Waals surface area contributed by atoms with Gasteiger partial charge in [0.15, 0.2) is 0 Å². The number of hydrogen-bond acceptors (Lipinski definition) is 1. The predicted molar refractivity (Wildman–Crippen MR) is 146 cm³/mol. The lowest BCUT2D eigenvalue weighted by atomic mass is 9.77. The second-order valence-corrected chi connectivity index (χ2v) is 11.2. The molecule has 1 heterocycles. The average Bonchev–Trinajstić information content (AvgIpc) is 2.90. The zero-order valence-electron chi connectivity index (χ0n) is 21.9. The molecule has 1 saturated carbocycles. The molecule has 1 heteroatoms. The van der Waals surface area contributed by atoms with Crippen molar-refractivity contribution in [2.45, 2.75) is 116 Å². The van der Waals surface area contributed by atoms with Crippen molar-refractivity contribution in [3.63, 3.8) is 0 Å². The fourth-order valence-electron chi connectivity index (χ4n) is 6.28. The van der Waals surface area contributed by atoms with Gasteiger partial charge in [-0.2, -0.15) is 0 Å². The van der Waals surface area contributed by atoms with Crippen molar-refractivity contribution in [1.82, 2.24) is 0 Å². The van der Waals surface area contributed by atoms with Crippen LogP contribution < -0.4 is 0 Å². The van der Waals surface area contributed by atoms with Crippen LogP contribution in [-0.4, -0.2) is 6.61 Å². The molecule has 186 valence electrons. The summed E-state index contributed by atoms with van der Waals surface area (Å²) >= 11 is 0. The molecule has 0 amide bonds. The van der Waals surface area contributed by atoms with Crippen LogP contribution in [0.25, 0.3) is 11.1 Å². The van der Waals surface area contributed by atoms with Gasteiger partial charge in [-0.05, 0) is 85.0 Å². The number of rotatable bonds is 11. The van der Waals surface area contributed by atoms with Crippen molar-refractivity contribution in [2.75, 3.05) is 6.61 Å². The average molecular weight is 461 g/mol. The lowest BCUT2D eigenvalue weighted by molar-refractivity contribution is -0.0198. The summed E-state index contributed by atoms with van der Waals surface area (Å²) in [5.41, 5.74) is 5.56. The maximum Gasteiger partial charge on any atom is 0.0825 e. The molecule has 2 unspecified atom stereocenters. The number of unbranched alkanes of at least 4 members (excludes halogenated alkanes) is 4. The first-order valence-corrected chi connectivity index (χ1v) is 14.6. The van der Waals surface area contributed by atoms with E-state index < -0.39 is 0 Å². The van der Waals surface area contributed by atoms with Gasteiger partial charge in [0.2, 0.25) is 0 Å². The van der Waals surface area contributed by atoms with Crippen LogP contribution in [-0.2, 0) is 4.74 Å². The lowest BCUT2D eigenvalue weighted by Crippen LogP contribution is -2.20. The van der Waals surface area contributed by atoms with E-state index in [4.69, 9.17) is 4.74 Å². The van der Waals surface area contributed by atoms with Crippen LogP contribution in [0.15, 0.2) is 48.5 Å². The van der Waals surface area contributed by atoms with Crippen molar-refractivity contribution in [2.24, 2.45) is 11.8 Å². The molecular formula is C33H48O. The molecule has 0 aromatic heterocycles. The minimum Gasteiger partial charge on any atom is -0.373 e. The molecule has 1 saturated heterocycles. The summed E-state index contributed by atoms with van der Waals surface area (Å²) < 4.78 is 6.27. The Hall–Kier alpha value is -1.60. The minimum atomic E-state index is 0.288. The molecule has 0 bridgehead atoms. The predicted octanol–water partition coefficient (Wildman–Crippen LogP) is 10.3. The van der Waals surface area contributed by atoms with Crippen LogP contribution in [0, 0.1) is 11.8 Å². The Balaban J connectivity index is 1.25. The number of benzene rings is 2. The van der Waals surface area contributed by atoms with Gasteiger partial charge in [0.25, 0.3) is 0 Å². The van der Waals surface area contributed by atoms with Gasteiger partial charge in [-0.1, -0.05) is 107 Å². The normalized spacial score (nSPS) is 25.4. The van der Waals surface area contributed by atoms with Crippen molar-refractivity contribution < 1.29 is 4.74 Å². The smallest absolute Gasteiger partial charge is 0.0825 e. The summed E-state index contributed by atoms with van der Waals surface area (Å²) in [4.78, 5) is 0. The first kappa shape index (κ1) is 25.5. The van der Waals surface area contributed by atoms with Gasteiger partial charge in [-0.25, -0.2) is 0 Å². The lowest BCUT2D eigenvalue weighted by Gasteiger charge is -2.29. The summed E-state index contributed by atoms with van der Waals surface area (Å²) in [6.45, 7) is 5.54. The zero-order valence-corrected chi connectivity index (χ0v) is 21.9. The molecule has 1 aliphatic heterocycles.